The maximum absolute atomic E-state index is 14.0. The number of halogens is 2. The van der Waals surface area contributed by atoms with E-state index in [-0.39, 0.29) is 17.4 Å². The van der Waals surface area contributed by atoms with Crippen LogP contribution in [0, 0.1) is 11.6 Å². The molecule has 1 atom stereocenters. The molecule has 0 aliphatic heterocycles. The molecule has 0 saturated carbocycles. The lowest BCUT2D eigenvalue weighted by Gasteiger charge is -2.43. The van der Waals surface area contributed by atoms with Crippen LogP contribution in [0.4, 0.5) is 8.78 Å². The Morgan fingerprint density at radius 3 is 2.26 bits per heavy atom. The van der Waals surface area contributed by atoms with Gasteiger partial charge < -0.3 is 5.32 Å². The topological polar surface area (TPSA) is 15.3 Å². The smallest absolute Gasteiger partial charge is 0.128 e. The molecule has 0 aromatic heterocycles. The first-order valence-electron chi connectivity index (χ1n) is 6.75. The minimum absolute atomic E-state index is 0.275. The first kappa shape index (κ1) is 16.1. The zero-order chi connectivity index (χ0) is 14.6. The summed E-state index contributed by atoms with van der Waals surface area (Å²) in [5.74, 6) is -0.784. The molecule has 2 nitrogen and oxygen atoms in total. The quantitative estimate of drug-likeness (QED) is 0.853. The number of hydrogen-bond donors (Lipinski definition) is 1. The monoisotopic (exact) mass is 270 g/mol. The van der Waals surface area contributed by atoms with Crippen molar-refractivity contribution in [1.29, 1.82) is 0 Å². The summed E-state index contributed by atoms with van der Waals surface area (Å²) in [5, 5.41) is 3.13. The van der Waals surface area contributed by atoms with E-state index < -0.39 is 5.82 Å². The number of hydrogen-bond acceptors (Lipinski definition) is 2. The highest BCUT2D eigenvalue weighted by Crippen LogP contribution is 2.32. The van der Waals surface area contributed by atoms with Crippen LogP contribution in [0.15, 0.2) is 18.2 Å². The first-order chi connectivity index (χ1) is 8.88. The van der Waals surface area contributed by atoms with Gasteiger partial charge in [0.1, 0.15) is 11.6 Å². The summed E-state index contributed by atoms with van der Waals surface area (Å²) in [6.45, 7) is 9.95. The molecular weight excluding hydrogens is 246 g/mol. The van der Waals surface area contributed by atoms with Crippen LogP contribution < -0.4 is 5.32 Å². The van der Waals surface area contributed by atoms with Gasteiger partial charge in [0.25, 0.3) is 0 Å². The fourth-order valence-corrected chi connectivity index (χ4v) is 2.85. The average Bonchev–Trinajstić information content (AvgIpc) is 2.35. The SMILES string of the molecule is CCN(CC)C(C)(C)C(NC)c1cc(F)ccc1F. The lowest BCUT2D eigenvalue weighted by Crippen LogP contribution is -2.52. The number of nitrogens with zero attached hydrogens (tertiary/aromatic N) is 1. The van der Waals surface area contributed by atoms with Crippen molar-refractivity contribution >= 4 is 0 Å². The van der Waals surface area contributed by atoms with E-state index in [1.165, 1.54) is 12.1 Å². The van der Waals surface area contributed by atoms with Gasteiger partial charge in [-0.3, -0.25) is 4.90 Å². The van der Waals surface area contributed by atoms with Gasteiger partial charge in [-0.15, -0.1) is 0 Å². The van der Waals surface area contributed by atoms with E-state index in [1.807, 2.05) is 13.8 Å². The third kappa shape index (κ3) is 3.31. The van der Waals surface area contributed by atoms with Crippen LogP contribution in [0.2, 0.25) is 0 Å². The molecule has 108 valence electrons. The van der Waals surface area contributed by atoms with E-state index in [2.05, 4.69) is 24.1 Å². The predicted molar refractivity (Wildman–Crippen MR) is 75.2 cm³/mol. The molecule has 0 aliphatic rings. The van der Waals surface area contributed by atoms with Crippen LogP contribution in [0.5, 0.6) is 0 Å². The normalized spacial score (nSPS) is 13.9. The van der Waals surface area contributed by atoms with Crippen LogP contribution in [0.1, 0.15) is 39.3 Å². The van der Waals surface area contributed by atoms with E-state index >= 15 is 0 Å². The maximum Gasteiger partial charge on any atom is 0.128 e. The zero-order valence-corrected chi connectivity index (χ0v) is 12.4. The van der Waals surface area contributed by atoms with Gasteiger partial charge in [-0.2, -0.15) is 0 Å². The van der Waals surface area contributed by atoms with Crippen LogP contribution in [-0.4, -0.2) is 30.6 Å². The fourth-order valence-electron chi connectivity index (χ4n) is 2.85. The molecule has 4 heteroatoms. The Labute approximate surface area is 114 Å². The van der Waals surface area contributed by atoms with Crippen LogP contribution >= 0.6 is 0 Å². The predicted octanol–water partition coefficient (Wildman–Crippen LogP) is 3.35. The second-order valence-corrected chi connectivity index (χ2v) is 5.21. The number of likely N-dealkylation sites (N-methyl/N-ethyl adjacent to an activating group) is 2. The van der Waals surface area contributed by atoms with Crippen molar-refractivity contribution in [1.82, 2.24) is 10.2 Å². The van der Waals surface area contributed by atoms with Gasteiger partial charge in [-0.25, -0.2) is 8.78 Å². The summed E-state index contributed by atoms with van der Waals surface area (Å²) < 4.78 is 27.4. The molecule has 1 unspecified atom stereocenters. The summed E-state index contributed by atoms with van der Waals surface area (Å²) in [6, 6.07) is 3.34. The fraction of sp³-hybridized carbons (Fsp3) is 0.600. The van der Waals surface area contributed by atoms with Crippen molar-refractivity contribution < 1.29 is 8.78 Å². The largest absolute Gasteiger partial charge is 0.311 e. The van der Waals surface area contributed by atoms with Gasteiger partial charge in [-0.05, 0) is 52.2 Å². The van der Waals surface area contributed by atoms with E-state index in [4.69, 9.17) is 0 Å². The number of rotatable bonds is 6. The molecule has 0 amide bonds. The van der Waals surface area contributed by atoms with Crippen molar-refractivity contribution in [2.45, 2.75) is 39.3 Å². The molecule has 1 rings (SSSR count). The third-order valence-electron chi connectivity index (χ3n) is 3.84. The second-order valence-electron chi connectivity index (χ2n) is 5.21. The highest BCUT2D eigenvalue weighted by Gasteiger charge is 2.35. The van der Waals surface area contributed by atoms with Crippen LogP contribution in [-0.2, 0) is 0 Å². The van der Waals surface area contributed by atoms with Gasteiger partial charge >= 0.3 is 0 Å². The zero-order valence-electron chi connectivity index (χ0n) is 12.4. The Hall–Kier alpha value is -1.00. The van der Waals surface area contributed by atoms with Crippen LogP contribution in [0.25, 0.3) is 0 Å². The third-order valence-corrected chi connectivity index (χ3v) is 3.84. The van der Waals surface area contributed by atoms with Crippen LogP contribution in [0.3, 0.4) is 0 Å². The summed E-state index contributed by atoms with van der Waals surface area (Å²) >= 11 is 0. The number of nitrogens with one attached hydrogen (secondary N) is 1. The summed E-state index contributed by atoms with van der Waals surface area (Å²) in [5.41, 5.74) is 0.0618. The molecule has 0 fully saturated rings. The Bertz CT molecular complexity index is 415. The molecule has 1 N–H and O–H groups in total. The minimum Gasteiger partial charge on any atom is -0.311 e. The highest BCUT2D eigenvalue weighted by atomic mass is 19.1. The second kappa shape index (κ2) is 6.44. The Morgan fingerprint density at radius 1 is 1.21 bits per heavy atom. The van der Waals surface area contributed by atoms with E-state index in [0.717, 1.165) is 19.2 Å². The summed E-state index contributed by atoms with van der Waals surface area (Å²) in [6.07, 6.45) is 0. The molecule has 1 aromatic carbocycles. The molecule has 0 bridgehead atoms. The Morgan fingerprint density at radius 2 is 1.79 bits per heavy atom. The van der Waals surface area contributed by atoms with E-state index in [1.54, 1.807) is 7.05 Å². The van der Waals surface area contributed by atoms with Gasteiger partial charge in [0.15, 0.2) is 0 Å². The number of benzene rings is 1. The molecule has 1 aromatic rings. The molecule has 0 aliphatic carbocycles. The molecule has 0 spiro atoms. The minimum atomic E-state index is -0.410. The highest BCUT2D eigenvalue weighted by molar-refractivity contribution is 5.25. The molecular formula is C15H24F2N2. The van der Waals surface area contributed by atoms with Crippen molar-refractivity contribution in [2.24, 2.45) is 0 Å². The average molecular weight is 270 g/mol. The maximum atomic E-state index is 14.0. The van der Waals surface area contributed by atoms with Crippen molar-refractivity contribution in [3.8, 4) is 0 Å². The van der Waals surface area contributed by atoms with Crippen molar-refractivity contribution in [3.05, 3.63) is 35.4 Å². The first-order valence-corrected chi connectivity index (χ1v) is 6.75. The van der Waals surface area contributed by atoms with E-state index in [9.17, 15) is 8.78 Å². The van der Waals surface area contributed by atoms with Gasteiger partial charge in [0.05, 0.1) is 6.04 Å². The molecule has 0 saturated heterocycles. The summed E-state index contributed by atoms with van der Waals surface area (Å²) in [7, 11) is 1.78. The molecule has 19 heavy (non-hydrogen) atoms. The standard InChI is InChI=1S/C15H24F2N2/c1-6-19(7-2)15(3,4)14(18-5)12-10-11(16)8-9-13(12)17/h8-10,14,18H,6-7H2,1-5H3. The van der Waals surface area contributed by atoms with E-state index in [0.29, 0.717) is 5.56 Å². The lowest BCUT2D eigenvalue weighted by atomic mass is 9.86. The lowest BCUT2D eigenvalue weighted by molar-refractivity contribution is 0.0928. The molecule has 0 radical (unpaired) electrons. The van der Waals surface area contributed by atoms with Crippen molar-refractivity contribution in [2.75, 3.05) is 20.1 Å². The Balaban J connectivity index is 3.22. The van der Waals surface area contributed by atoms with Gasteiger partial charge in [-0.1, -0.05) is 13.8 Å². The van der Waals surface area contributed by atoms with Gasteiger partial charge in [0.2, 0.25) is 0 Å². The van der Waals surface area contributed by atoms with Crippen molar-refractivity contribution in [3.63, 3.8) is 0 Å². The Kier molecular flexibility index (Phi) is 5.44. The molecule has 0 heterocycles. The van der Waals surface area contributed by atoms with Gasteiger partial charge in [0, 0.05) is 11.1 Å². The summed E-state index contributed by atoms with van der Waals surface area (Å²) in [4.78, 5) is 2.23.